The first kappa shape index (κ1) is 19.1. The summed E-state index contributed by atoms with van der Waals surface area (Å²) in [6.07, 6.45) is 3.53. The number of carboxylic acid groups (broad SMARTS) is 1. The maximum atomic E-state index is 12.3. The van der Waals surface area contributed by atoms with Gasteiger partial charge in [-0.15, -0.1) is 0 Å². The number of amides is 1. The van der Waals surface area contributed by atoms with Gasteiger partial charge in [-0.3, -0.25) is 9.59 Å². The van der Waals surface area contributed by atoms with Crippen LogP contribution in [0.15, 0.2) is 49.3 Å². The van der Waals surface area contributed by atoms with Crippen LogP contribution in [0.25, 0.3) is 5.57 Å². The zero-order valence-corrected chi connectivity index (χ0v) is 14.9. The Morgan fingerprint density at radius 3 is 2.35 bits per heavy atom. The van der Waals surface area contributed by atoms with Crippen molar-refractivity contribution in [3.05, 3.63) is 54.9 Å². The van der Waals surface area contributed by atoms with Crippen LogP contribution in [-0.4, -0.2) is 52.5 Å². The van der Waals surface area contributed by atoms with Crippen LogP contribution < -0.4 is 4.90 Å². The van der Waals surface area contributed by atoms with Gasteiger partial charge in [-0.25, -0.2) is 9.97 Å². The van der Waals surface area contributed by atoms with Gasteiger partial charge >= 0.3 is 5.97 Å². The Hall–Kier alpha value is -3.22. The largest absolute Gasteiger partial charge is 0.481 e. The third kappa shape index (κ3) is 4.89. The number of anilines is 2. The predicted octanol–water partition coefficient (Wildman–Crippen LogP) is 2.58. The summed E-state index contributed by atoms with van der Waals surface area (Å²) in [5.41, 5.74) is 2.17. The lowest BCUT2D eigenvalue weighted by Gasteiger charge is -2.26. The molecule has 0 fully saturated rings. The zero-order chi connectivity index (χ0) is 19.1. The van der Waals surface area contributed by atoms with Crippen molar-refractivity contribution >= 4 is 29.1 Å². The van der Waals surface area contributed by atoms with Crippen molar-refractivity contribution in [2.24, 2.45) is 0 Å². The van der Waals surface area contributed by atoms with Crippen molar-refractivity contribution in [2.75, 3.05) is 25.5 Å². The molecule has 1 heterocycles. The van der Waals surface area contributed by atoms with Gasteiger partial charge in [-0.2, -0.15) is 0 Å². The van der Waals surface area contributed by atoms with E-state index >= 15 is 0 Å². The predicted molar refractivity (Wildman–Crippen MR) is 100 cm³/mol. The minimum atomic E-state index is -0.880. The standard InChI is InChI=1S/C19H22N4O3/c1-14(9-10-18(25)26)15-7-4-5-8-16(15)23(13-17(24)22(2)3)19-20-11-6-12-21-19/h4-8,11-12H,1,9-10,13H2,2-3H3,(H,25,26). The molecule has 0 saturated heterocycles. The number of hydrogen-bond acceptors (Lipinski definition) is 5. The first-order valence-electron chi connectivity index (χ1n) is 8.14. The number of carbonyl (C=O) groups is 2. The Kier molecular flexibility index (Phi) is 6.43. The topological polar surface area (TPSA) is 86.6 Å². The smallest absolute Gasteiger partial charge is 0.303 e. The van der Waals surface area contributed by atoms with Gasteiger partial charge < -0.3 is 14.9 Å². The van der Waals surface area contributed by atoms with Gasteiger partial charge in [0.25, 0.3) is 0 Å². The number of allylic oxidation sites excluding steroid dienone is 1. The van der Waals surface area contributed by atoms with Crippen molar-refractivity contribution in [1.82, 2.24) is 14.9 Å². The third-order valence-corrected chi connectivity index (χ3v) is 3.80. The minimum Gasteiger partial charge on any atom is -0.481 e. The highest BCUT2D eigenvalue weighted by molar-refractivity contribution is 5.86. The highest BCUT2D eigenvalue weighted by atomic mass is 16.4. The van der Waals surface area contributed by atoms with Crippen molar-refractivity contribution in [3.8, 4) is 0 Å². The number of carbonyl (C=O) groups excluding carboxylic acids is 1. The van der Waals surface area contributed by atoms with Gasteiger partial charge in [0.05, 0.1) is 5.69 Å². The van der Waals surface area contributed by atoms with E-state index in [0.29, 0.717) is 23.6 Å². The van der Waals surface area contributed by atoms with Crippen molar-refractivity contribution in [2.45, 2.75) is 12.8 Å². The molecule has 0 aliphatic rings. The normalized spacial score (nSPS) is 10.2. The average molecular weight is 354 g/mol. The zero-order valence-electron chi connectivity index (χ0n) is 14.9. The Bertz CT molecular complexity index is 790. The Balaban J connectivity index is 2.43. The van der Waals surface area contributed by atoms with E-state index < -0.39 is 5.97 Å². The molecule has 0 unspecified atom stereocenters. The van der Waals surface area contributed by atoms with E-state index in [2.05, 4.69) is 16.5 Å². The summed E-state index contributed by atoms with van der Waals surface area (Å²) in [4.78, 5) is 34.9. The Labute approximate surface area is 152 Å². The van der Waals surface area contributed by atoms with E-state index in [1.807, 2.05) is 24.3 Å². The molecular formula is C19H22N4O3. The Morgan fingerprint density at radius 1 is 1.08 bits per heavy atom. The minimum absolute atomic E-state index is 0.00830. The lowest BCUT2D eigenvalue weighted by atomic mass is 10.00. The summed E-state index contributed by atoms with van der Waals surface area (Å²) < 4.78 is 0. The first-order chi connectivity index (χ1) is 12.4. The van der Waals surface area contributed by atoms with E-state index in [0.717, 1.165) is 5.56 Å². The maximum absolute atomic E-state index is 12.3. The fourth-order valence-corrected chi connectivity index (χ4v) is 2.37. The number of likely N-dealkylation sites (N-methyl/N-ethyl adjacent to an activating group) is 1. The molecule has 2 aromatic rings. The van der Waals surface area contributed by atoms with Gasteiger partial charge in [-0.1, -0.05) is 24.8 Å². The van der Waals surface area contributed by atoms with Crippen LogP contribution in [0, 0.1) is 0 Å². The molecule has 1 amide bonds. The van der Waals surface area contributed by atoms with Crippen LogP contribution in [0.4, 0.5) is 11.6 Å². The number of aliphatic carboxylic acids is 1. The number of carboxylic acids is 1. The van der Waals surface area contributed by atoms with E-state index in [1.54, 1.807) is 37.5 Å². The van der Waals surface area contributed by atoms with Crippen LogP contribution in [0.1, 0.15) is 18.4 Å². The molecule has 2 rings (SSSR count). The maximum Gasteiger partial charge on any atom is 0.303 e. The molecule has 26 heavy (non-hydrogen) atoms. The van der Waals surface area contributed by atoms with Crippen molar-refractivity contribution in [3.63, 3.8) is 0 Å². The second-order valence-electron chi connectivity index (χ2n) is 5.94. The molecule has 0 aliphatic heterocycles. The van der Waals surface area contributed by atoms with Crippen molar-refractivity contribution in [1.29, 1.82) is 0 Å². The second-order valence-corrected chi connectivity index (χ2v) is 5.94. The molecule has 7 nitrogen and oxygen atoms in total. The SMILES string of the molecule is C=C(CCC(=O)O)c1ccccc1N(CC(=O)N(C)C)c1ncccn1. The fourth-order valence-electron chi connectivity index (χ4n) is 2.37. The molecule has 0 radical (unpaired) electrons. The van der Waals surface area contributed by atoms with Crippen molar-refractivity contribution < 1.29 is 14.7 Å². The number of para-hydroxylation sites is 1. The molecule has 7 heteroatoms. The van der Waals surface area contributed by atoms with Crippen LogP contribution >= 0.6 is 0 Å². The molecule has 0 bridgehead atoms. The molecule has 0 saturated carbocycles. The summed E-state index contributed by atoms with van der Waals surface area (Å²) in [6.45, 7) is 4.08. The highest BCUT2D eigenvalue weighted by Crippen LogP contribution is 2.32. The van der Waals surface area contributed by atoms with E-state index in [4.69, 9.17) is 5.11 Å². The molecule has 136 valence electrons. The van der Waals surface area contributed by atoms with Crippen LogP contribution in [0.2, 0.25) is 0 Å². The van der Waals surface area contributed by atoms with Crippen LogP contribution in [0.3, 0.4) is 0 Å². The number of hydrogen-bond donors (Lipinski definition) is 1. The second kappa shape index (κ2) is 8.75. The monoisotopic (exact) mass is 354 g/mol. The number of nitrogens with zero attached hydrogens (tertiary/aromatic N) is 4. The summed E-state index contributed by atoms with van der Waals surface area (Å²) in [6, 6.07) is 9.10. The molecule has 1 aromatic carbocycles. The Morgan fingerprint density at radius 2 is 1.73 bits per heavy atom. The number of aromatic nitrogens is 2. The quantitative estimate of drug-likeness (QED) is 0.784. The average Bonchev–Trinajstić information content (AvgIpc) is 2.64. The van der Waals surface area contributed by atoms with Crippen LogP contribution in [0.5, 0.6) is 0 Å². The van der Waals surface area contributed by atoms with Crippen LogP contribution in [-0.2, 0) is 9.59 Å². The first-order valence-corrected chi connectivity index (χ1v) is 8.14. The summed E-state index contributed by atoms with van der Waals surface area (Å²) in [7, 11) is 3.37. The third-order valence-electron chi connectivity index (χ3n) is 3.80. The molecule has 1 aromatic heterocycles. The van der Waals surface area contributed by atoms with E-state index in [9.17, 15) is 9.59 Å². The lowest BCUT2D eigenvalue weighted by Crippen LogP contribution is -2.35. The summed E-state index contributed by atoms with van der Waals surface area (Å²) in [5, 5.41) is 8.92. The highest BCUT2D eigenvalue weighted by Gasteiger charge is 2.20. The summed E-state index contributed by atoms with van der Waals surface area (Å²) in [5.74, 6) is -0.598. The molecule has 1 N–H and O–H groups in total. The molecular weight excluding hydrogens is 332 g/mol. The summed E-state index contributed by atoms with van der Waals surface area (Å²) >= 11 is 0. The van der Waals surface area contributed by atoms with E-state index in [-0.39, 0.29) is 18.9 Å². The van der Waals surface area contributed by atoms with Gasteiger partial charge in [0.2, 0.25) is 11.9 Å². The van der Waals surface area contributed by atoms with E-state index in [1.165, 1.54) is 4.90 Å². The van der Waals surface area contributed by atoms with Gasteiger partial charge in [0, 0.05) is 38.5 Å². The molecule has 0 spiro atoms. The van der Waals surface area contributed by atoms with Gasteiger partial charge in [0.15, 0.2) is 0 Å². The van der Waals surface area contributed by atoms with Gasteiger partial charge in [-0.05, 0) is 24.1 Å². The number of rotatable bonds is 8. The molecule has 0 atom stereocenters. The number of benzene rings is 1. The lowest BCUT2D eigenvalue weighted by molar-refractivity contribution is -0.136. The fraction of sp³-hybridized carbons (Fsp3) is 0.263. The molecule has 0 aliphatic carbocycles. The van der Waals surface area contributed by atoms with Gasteiger partial charge in [0.1, 0.15) is 6.54 Å².